The topological polar surface area (TPSA) is 42.5 Å². The Kier molecular flexibility index (Phi) is 9.36. The predicted molar refractivity (Wildman–Crippen MR) is 126 cm³/mol. The number of benzene rings is 2. The first kappa shape index (κ1) is 22.5. The van der Waals surface area contributed by atoms with E-state index in [-0.39, 0.29) is 0 Å². The summed E-state index contributed by atoms with van der Waals surface area (Å²) in [6.45, 7) is 4.84. The van der Waals surface area contributed by atoms with Gasteiger partial charge in [0, 0.05) is 23.8 Å². The number of piperidine rings is 1. The van der Waals surface area contributed by atoms with E-state index in [0.29, 0.717) is 12.6 Å². The largest absolute Gasteiger partial charge is 0.496 e. The Hall–Kier alpha value is -2.20. The number of ether oxygens (including phenoxy) is 2. The Morgan fingerprint density at radius 1 is 1.03 bits per heavy atom. The average Bonchev–Trinajstić information content (AvgIpc) is 2.81. The predicted octanol–water partition coefficient (Wildman–Crippen LogP) is 6.47. The lowest BCUT2D eigenvalue weighted by atomic mass is 9.97. The Balaban J connectivity index is 1.56. The van der Waals surface area contributed by atoms with Crippen LogP contribution in [0, 0.1) is 0 Å². The Labute approximate surface area is 182 Å². The molecule has 1 saturated heterocycles. The first-order valence-corrected chi connectivity index (χ1v) is 11.7. The molecule has 0 radical (unpaired) electrons. The van der Waals surface area contributed by atoms with Crippen molar-refractivity contribution in [2.45, 2.75) is 70.9 Å². The van der Waals surface area contributed by atoms with Gasteiger partial charge in [0.15, 0.2) is 0 Å². The van der Waals surface area contributed by atoms with Crippen LogP contribution in [0.1, 0.15) is 75.5 Å². The summed E-state index contributed by atoms with van der Waals surface area (Å²) < 4.78 is 11.6. The van der Waals surface area contributed by atoms with Crippen LogP contribution >= 0.6 is 0 Å². The summed E-state index contributed by atoms with van der Waals surface area (Å²) in [6, 6.07) is 15.4. The van der Waals surface area contributed by atoms with Crippen molar-refractivity contribution >= 4 is 5.69 Å². The van der Waals surface area contributed by atoms with Crippen molar-refractivity contribution in [1.29, 1.82) is 0 Å². The first-order chi connectivity index (χ1) is 14.8. The number of methoxy groups -OCH3 is 1. The highest BCUT2D eigenvalue weighted by Gasteiger charge is 2.14. The van der Waals surface area contributed by atoms with Crippen molar-refractivity contribution in [2.24, 2.45) is 0 Å². The van der Waals surface area contributed by atoms with Crippen LogP contribution in [-0.4, -0.2) is 20.3 Å². The van der Waals surface area contributed by atoms with Gasteiger partial charge in [-0.05, 0) is 61.7 Å². The maximum Gasteiger partial charge on any atom is 0.124 e. The fraction of sp³-hybridized carbons (Fsp3) is 0.538. The lowest BCUT2D eigenvalue weighted by molar-refractivity contribution is 0.303. The molecule has 0 bridgehead atoms. The number of anilines is 1. The summed E-state index contributed by atoms with van der Waals surface area (Å²) in [5.74, 6) is 1.81. The number of nitrogens with one attached hydrogen (secondary N) is 2. The highest BCUT2D eigenvalue weighted by molar-refractivity contribution is 5.49. The van der Waals surface area contributed by atoms with Crippen molar-refractivity contribution in [1.82, 2.24) is 5.32 Å². The molecule has 4 nitrogen and oxygen atoms in total. The van der Waals surface area contributed by atoms with E-state index in [0.717, 1.165) is 42.3 Å². The maximum absolute atomic E-state index is 5.99. The second-order valence-corrected chi connectivity index (χ2v) is 8.22. The van der Waals surface area contributed by atoms with Gasteiger partial charge in [-0.15, -0.1) is 0 Å². The summed E-state index contributed by atoms with van der Waals surface area (Å²) >= 11 is 0. The molecule has 30 heavy (non-hydrogen) atoms. The van der Waals surface area contributed by atoms with Crippen LogP contribution in [0.25, 0.3) is 0 Å². The summed E-state index contributed by atoms with van der Waals surface area (Å²) in [6.07, 6.45) is 10.0. The number of hydrogen-bond donors (Lipinski definition) is 2. The van der Waals surface area contributed by atoms with E-state index >= 15 is 0 Å². The minimum atomic E-state index is 0.476. The zero-order chi connectivity index (χ0) is 21.0. The molecule has 2 aromatic carbocycles. The van der Waals surface area contributed by atoms with Gasteiger partial charge in [-0.2, -0.15) is 0 Å². The van der Waals surface area contributed by atoms with Gasteiger partial charge >= 0.3 is 0 Å². The van der Waals surface area contributed by atoms with Crippen molar-refractivity contribution in [2.75, 3.05) is 25.6 Å². The zero-order valence-electron chi connectivity index (χ0n) is 18.7. The molecule has 0 saturated carbocycles. The van der Waals surface area contributed by atoms with E-state index in [1.165, 1.54) is 50.5 Å². The molecule has 1 aliphatic rings. The highest BCUT2D eigenvalue weighted by atomic mass is 16.5. The van der Waals surface area contributed by atoms with Crippen LogP contribution in [0.4, 0.5) is 5.69 Å². The summed E-state index contributed by atoms with van der Waals surface area (Å²) in [4.78, 5) is 0. The first-order valence-electron chi connectivity index (χ1n) is 11.7. The van der Waals surface area contributed by atoms with Gasteiger partial charge in [0.1, 0.15) is 11.5 Å². The smallest absolute Gasteiger partial charge is 0.124 e. The van der Waals surface area contributed by atoms with Gasteiger partial charge in [0.05, 0.1) is 13.7 Å². The summed E-state index contributed by atoms with van der Waals surface area (Å²) in [7, 11) is 1.72. The van der Waals surface area contributed by atoms with E-state index < -0.39 is 0 Å². The molecule has 4 heteroatoms. The summed E-state index contributed by atoms with van der Waals surface area (Å²) in [5.41, 5.74) is 3.62. The van der Waals surface area contributed by atoms with Crippen molar-refractivity contribution in [3.05, 3.63) is 53.6 Å². The minimum Gasteiger partial charge on any atom is -0.496 e. The van der Waals surface area contributed by atoms with Crippen LogP contribution in [0.3, 0.4) is 0 Å². The standard InChI is InChI=1S/C26H38N2O2/c1-3-4-5-6-9-17-30-24-14-15-26(29-2)22(19-24)20-28-23-12-10-11-21(18-23)25-13-7-8-16-27-25/h10-12,14-15,18-19,25,27-28H,3-9,13,16-17,20H2,1-2H3/t25-/m0/s1. The fourth-order valence-electron chi connectivity index (χ4n) is 4.08. The second-order valence-electron chi connectivity index (χ2n) is 8.22. The van der Waals surface area contributed by atoms with Gasteiger partial charge in [-0.25, -0.2) is 0 Å². The van der Waals surface area contributed by atoms with Crippen molar-refractivity contribution in [3.63, 3.8) is 0 Å². The highest BCUT2D eigenvalue weighted by Crippen LogP contribution is 2.27. The third kappa shape index (κ3) is 6.94. The molecule has 0 unspecified atom stereocenters. The van der Waals surface area contributed by atoms with Gasteiger partial charge < -0.3 is 20.1 Å². The monoisotopic (exact) mass is 410 g/mol. The molecular weight excluding hydrogens is 372 g/mol. The third-order valence-electron chi connectivity index (χ3n) is 5.85. The molecule has 2 N–H and O–H groups in total. The molecule has 0 spiro atoms. The Morgan fingerprint density at radius 3 is 2.73 bits per heavy atom. The molecule has 0 aliphatic carbocycles. The molecule has 1 heterocycles. The van der Waals surface area contributed by atoms with Crippen LogP contribution in [0.5, 0.6) is 11.5 Å². The van der Waals surface area contributed by atoms with Crippen LogP contribution < -0.4 is 20.1 Å². The van der Waals surface area contributed by atoms with Crippen LogP contribution in [0.15, 0.2) is 42.5 Å². The molecule has 164 valence electrons. The molecule has 1 fully saturated rings. The molecule has 0 aromatic heterocycles. The Morgan fingerprint density at radius 2 is 1.93 bits per heavy atom. The van der Waals surface area contributed by atoms with E-state index in [2.05, 4.69) is 47.9 Å². The van der Waals surface area contributed by atoms with E-state index in [9.17, 15) is 0 Å². The van der Waals surface area contributed by atoms with E-state index in [1.54, 1.807) is 7.11 Å². The minimum absolute atomic E-state index is 0.476. The van der Waals surface area contributed by atoms with Crippen molar-refractivity contribution in [3.8, 4) is 11.5 Å². The quantitative estimate of drug-likeness (QED) is 0.393. The molecule has 2 aromatic rings. The molecule has 0 amide bonds. The van der Waals surface area contributed by atoms with Gasteiger partial charge in [0.25, 0.3) is 0 Å². The van der Waals surface area contributed by atoms with Crippen LogP contribution in [0.2, 0.25) is 0 Å². The van der Waals surface area contributed by atoms with Crippen LogP contribution in [-0.2, 0) is 6.54 Å². The normalized spacial score (nSPS) is 16.3. The SMILES string of the molecule is CCCCCCCOc1ccc(OC)c(CNc2cccc([C@@H]3CCCCN3)c2)c1. The number of hydrogen-bond acceptors (Lipinski definition) is 4. The molecule has 3 rings (SSSR count). The molecule has 1 atom stereocenters. The van der Waals surface area contributed by atoms with E-state index in [4.69, 9.17) is 9.47 Å². The second kappa shape index (κ2) is 12.5. The zero-order valence-corrected chi connectivity index (χ0v) is 18.7. The lowest BCUT2D eigenvalue weighted by Gasteiger charge is -2.24. The van der Waals surface area contributed by atoms with E-state index in [1.807, 2.05) is 12.1 Å². The van der Waals surface area contributed by atoms with Gasteiger partial charge in [-0.3, -0.25) is 0 Å². The molecule has 1 aliphatic heterocycles. The maximum atomic E-state index is 5.99. The van der Waals surface area contributed by atoms with Gasteiger partial charge in [0.2, 0.25) is 0 Å². The van der Waals surface area contributed by atoms with Crippen molar-refractivity contribution < 1.29 is 9.47 Å². The summed E-state index contributed by atoms with van der Waals surface area (Å²) in [5, 5.41) is 7.20. The average molecular weight is 411 g/mol. The Bertz CT molecular complexity index is 756. The van der Waals surface area contributed by atoms with Gasteiger partial charge in [-0.1, -0.05) is 51.2 Å². The number of rotatable bonds is 12. The third-order valence-corrected chi connectivity index (χ3v) is 5.85. The molecular formula is C26H38N2O2. The lowest BCUT2D eigenvalue weighted by Crippen LogP contribution is -2.26. The number of unbranched alkanes of at least 4 members (excludes halogenated alkanes) is 4. The fourth-order valence-corrected chi connectivity index (χ4v) is 4.08.